The summed E-state index contributed by atoms with van der Waals surface area (Å²) >= 11 is 0. The number of rotatable bonds is 11. The van der Waals surface area contributed by atoms with Crippen molar-refractivity contribution in [3.05, 3.63) is 0 Å². The van der Waals surface area contributed by atoms with Crippen LogP contribution in [0.25, 0.3) is 0 Å². The summed E-state index contributed by atoms with van der Waals surface area (Å²) in [6, 6.07) is 0. The van der Waals surface area contributed by atoms with Crippen LogP contribution in [-0.2, 0) is 0 Å². The van der Waals surface area contributed by atoms with Gasteiger partial charge in [-0.15, -0.1) is 0 Å². The molecule has 0 spiro atoms. The maximum atomic E-state index is 5.98. The third-order valence-electron chi connectivity index (χ3n) is 2.71. The van der Waals surface area contributed by atoms with Gasteiger partial charge in [0.2, 0.25) is 0 Å². The van der Waals surface area contributed by atoms with Crippen molar-refractivity contribution in [2.45, 2.75) is 59.5 Å². The lowest BCUT2D eigenvalue weighted by Gasteiger charge is -2.15. The van der Waals surface area contributed by atoms with Crippen molar-refractivity contribution >= 4 is 0 Å². The summed E-state index contributed by atoms with van der Waals surface area (Å²) in [5.74, 6) is 1.44. The van der Waals surface area contributed by atoms with E-state index in [1.165, 1.54) is 19.3 Å². The highest BCUT2D eigenvalue weighted by Gasteiger charge is 2.02. The molecule has 1 atom stereocenters. The minimum atomic E-state index is 0.182. The van der Waals surface area contributed by atoms with Gasteiger partial charge in [0.15, 0.2) is 0 Å². The van der Waals surface area contributed by atoms with Crippen LogP contribution < -0.4 is 16.4 Å². The van der Waals surface area contributed by atoms with Crippen molar-refractivity contribution in [3.63, 3.8) is 0 Å². The fraction of sp³-hybridized carbons (Fsp3) is 1.00. The van der Waals surface area contributed by atoms with E-state index in [2.05, 4.69) is 38.3 Å². The van der Waals surface area contributed by atoms with Gasteiger partial charge in [0.05, 0.1) is 6.17 Å². The standard InChI is InChI=1S/C14H33N3/c1-12(2)10-16-9-7-5-6-8-14(15)17-11-13(3)4/h12-14,16-17H,5-11,15H2,1-4H3. The highest BCUT2D eigenvalue weighted by molar-refractivity contribution is 4.61. The van der Waals surface area contributed by atoms with Gasteiger partial charge in [0, 0.05) is 0 Å². The number of unbranched alkanes of at least 4 members (excludes halogenated alkanes) is 2. The van der Waals surface area contributed by atoms with Crippen molar-refractivity contribution in [1.82, 2.24) is 10.6 Å². The predicted octanol–water partition coefficient (Wildman–Crippen LogP) is 2.32. The lowest BCUT2D eigenvalue weighted by Crippen LogP contribution is -2.39. The van der Waals surface area contributed by atoms with Gasteiger partial charge in [-0.1, -0.05) is 40.5 Å². The van der Waals surface area contributed by atoms with Crippen LogP contribution in [0.3, 0.4) is 0 Å². The lowest BCUT2D eigenvalue weighted by molar-refractivity contribution is 0.431. The van der Waals surface area contributed by atoms with Crippen molar-refractivity contribution in [3.8, 4) is 0 Å². The van der Waals surface area contributed by atoms with Crippen molar-refractivity contribution < 1.29 is 0 Å². The average Bonchev–Trinajstić information content (AvgIpc) is 2.24. The first-order chi connectivity index (χ1) is 8.02. The van der Waals surface area contributed by atoms with Gasteiger partial charge in [-0.05, 0) is 44.3 Å². The molecule has 0 amide bonds. The second-order valence-electron chi connectivity index (χ2n) is 5.86. The summed E-state index contributed by atoms with van der Waals surface area (Å²) in [6.45, 7) is 12.2. The molecule has 3 nitrogen and oxygen atoms in total. The zero-order chi connectivity index (χ0) is 13.1. The van der Waals surface area contributed by atoms with E-state index in [1.807, 2.05) is 0 Å². The van der Waals surface area contributed by atoms with Crippen LogP contribution >= 0.6 is 0 Å². The molecule has 1 unspecified atom stereocenters. The molecule has 17 heavy (non-hydrogen) atoms. The molecular formula is C14H33N3. The van der Waals surface area contributed by atoms with E-state index < -0.39 is 0 Å². The van der Waals surface area contributed by atoms with Crippen LogP contribution in [0, 0.1) is 11.8 Å². The van der Waals surface area contributed by atoms with E-state index in [0.717, 1.165) is 32.0 Å². The molecule has 0 rings (SSSR count). The van der Waals surface area contributed by atoms with E-state index in [-0.39, 0.29) is 6.17 Å². The highest BCUT2D eigenvalue weighted by Crippen LogP contribution is 2.01. The quantitative estimate of drug-likeness (QED) is 0.385. The Hall–Kier alpha value is -0.120. The minimum absolute atomic E-state index is 0.182. The average molecular weight is 243 g/mol. The summed E-state index contributed by atoms with van der Waals surface area (Å²) < 4.78 is 0. The van der Waals surface area contributed by atoms with E-state index in [9.17, 15) is 0 Å². The van der Waals surface area contributed by atoms with Crippen LogP contribution in [0.4, 0.5) is 0 Å². The highest BCUT2D eigenvalue weighted by atomic mass is 15.0. The number of hydrogen-bond donors (Lipinski definition) is 3. The van der Waals surface area contributed by atoms with Gasteiger partial charge < -0.3 is 16.4 Å². The summed E-state index contributed by atoms with van der Waals surface area (Å²) in [6.07, 6.45) is 5.05. The molecule has 0 aromatic rings. The maximum Gasteiger partial charge on any atom is 0.0546 e. The SMILES string of the molecule is CC(C)CNCCCCCC(N)NCC(C)C. The molecule has 0 aliphatic carbocycles. The Morgan fingerprint density at radius 1 is 0.882 bits per heavy atom. The van der Waals surface area contributed by atoms with Crippen LogP contribution in [0.15, 0.2) is 0 Å². The molecule has 4 N–H and O–H groups in total. The summed E-state index contributed by atoms with van der Waals surface area (Å²) in [5, 5.41) is 6.83. The molecule has 0 saturated heterocycles. The Morgan fingerprint density at radius 3 is 2.12 bits per heavy atom. The van der Waals surface area contributed by atoms with Gasteiger partial charge in [0.1, 0.15) is 0 Å². The molecule has 0 radical (unpaired) electrons. The Bertz CT molecular complexity index is 158. The Kier molecular flexibility index (Phi) is 10.9. The van der Waals surface area contributed by atoms with Gasteiger partial charge in [-0.3, -0.25) is 0 Å². The fourth-order valence-corrected chi connectivity index (χ4v) is 1.67. The first-order valence-corrected chi connectivity index (χ1v) is 7.22. The molecular weight excluding hydrogens is 210 g/mol. The van der Waals surface area contributed by atoms with Crippen LogP contribution in [0.1, 0.15) is 53.4 Å². The third-order valence-corrected chi connectivity index (χ3v) is 2.71. The summed E-state index contributed by atoms with van der Waals surface area (Å²) in [7, 11) is 0. The van der Waals surface area contributed by atoms with E-state index >= 15 is 0 Å². The predicted molar refractivity (Wildman–Crippen MR) is 77.0 cm³/mol. The van der Waals surface area contributed by atoms with Gasteiger partial charge in [-0.25, -0.2) is 0 Å². The van der Waals surface area contributed by atoms with E-state index in [1.54, 1.807) is 0 Å². The second-order valence-corrected chi connectivity index (χ2v) is 5.86. The van der Waals surface area contributed by atoms with E-state index in [4.69, 9.17) is 5.73 Å². The second kappa shape index (κ2) is 11.0. The van der Waals surface area contributed by atoms with E-state index in [0.29, 0.717) is 5.92 Å². The molecule has 0 heterocycles. The lowest BCUT2D eigenvalue weighted by atomic mass is 10.1. The molecule has 0 aromatic heterocycles. The molecule has 3 heteroatoms. The summed E-state index contributed by atoms with van der Waals surface area (Å²) in [5.41, 5.74) is 5.98. The maximum absolute atomic E-state index is 5.98. The number of nitrogens with one attached hydrogen (secondary N) is 2. The Morgan fingerprint density at radius 2 is 1.53 bits per heavy atom. The first-order valence-electron chi connectivity index (χ1n) is 7.22. The molecule has 104 valence electrons. The van der Waals surface area contributed by atoms with Crippen LogP contribution in [0.2, 0.25) is 0 Å². The van der Waals surface area contributed by atoms with Crippen LogP contribution in [0.5, 0.6) is 0 Å². The van der Waals surface area contributed by atoms with Crippen molar-refractivity contribution in [2.24, 2.45) is 17.6 Å². The van der Waals surface area contributed by atoms with Crippen molar-refractivity contribution in [2.75, 3.05) is 19.6 Å². The minimum Gasteiger partial charge on any atom is -0.316 e. The smallest absolute Gasteiger partial charge is 0.0546 e. The molecule has 0 aromatic carbocycles. The molecule has 0 bridgehead atoms. The molecule has 0 fully saturated rings. The zero-order valence-electron chi connectivity index (χ0n) is 12.3. The summed E-state index contributed by atoms with van der Waals surface area (Å²) in [4.78, 5) is 0. The van der Waals surface area contributed by atoms with Gasteiger partial charge in [0.25, 0.3) is 0 Å². The monoisotopic (exact) mass is 243 g/mol. The van der Waals surface area contributed by atoms with Crippen molar-refractivity contribution in [1.29, 1.82) is 0 Å². The van der Waals surface area contributed by atoms with Crippen LogP contribution in [-0.4, -0.2) is 25.8 Å². The van der Waals surface area contributed by atoms with Gasteiger partial charge in [-0.2, -0.15) is 0 Å². The fourth-order valence-electron chi connectivity index (χ4n) is 1.67. The first kappa shape index (κ1) is 16.9. The largest absolute Gasteiger partial charge is 0.316 e. The zero-order valence-corrected chi connectivity index (χ0v) is 12.3. The molecule has 0 aliphatic rings. The molecule has 0 aliphatic heterocycles. The third kappa shape index (κ3) is 13.8. The Labute approximate surface area is 108 Å². The van der Waals surface area contributed by atoms with Gasteiger partial charge >= 0.3 is 0 Å². The Balaban J connectivity index is 3.16. The topological polar surface area (TPSA) is 50.1 Å². The number of nitrogens with two attached hydrogens (primary N) is 1. The normalized spacial score (nSPS) is 13.6. The molecule has 0 saturated carbocycles. The number of hydrogen-bond acceptors (Lipinski definition) is 3.